The normalized spacial score (nSPS) is 10.6. The number of fused-ring (bicyclic) bond motifs is 1. The first kappa shape index (κ1) is 16.7. The number of hydrogen-bond acceptors (Lipinski definition) is 4. The summed E-state index contributed by atoms with van der Waals surface area (Å²) in [4.78, 5) is 23.9. The van der Waals surface area contributed by atoms with Crippen LogP contribution in [0.25, 0.3) is 10.9 Å². The first-order valence-corrected chi connectivity index (χ1v) is 8.02. The third-order valence-corrected chi connectivity index (χ3v) is 3.94. The second-order valence-electron chi connectivity index (χ2n) is 5.63. The molecular formula is C19H19N3O3. The monoisotopic (exact) mass is 337 g/mol. The lowest BCUT2D eigenvalue weighted by Crippen LogP contribution is -2.24. The molecule has 0 unspecified atom stereocenters. The summed E-state index contributed by atoms with van der Waals surface area (Å²) in [6.45, 7) is 0.846. The molecular weight excluding hydrogens is 318 g/mol. The zero-order valence-corrected chi connectivity index (χ0v) is 13.9. The molecule has 0 aliphatic carbocycles. The number of nitrogens with one attached hydrogen (secondary N) is 1. The lowest BCUT2D eigenvalue weighted by Gasteiger charge is -2.10. The molecule has 3 aromatic rings. The minimum absolute atomic E-state index is 0.0765. The topological polar surface area (TPSA) is 73.2 Å². The Hall–Kier alpha value is -3.15. The Bertz CT molecular complexity index is 950. The molecule has 0 spiro atoms. The molecule has 0 fully saturated rings. The smallest absolute Gasteiger partial charge is 0.222 e. The molecule has 0 saturated heterocycles. The maximum absolute atomic E-state index is 12.1. The average Bonchev–Trinajstić information content (AvgIpc) is 2.66. The number of amides is 1. The van der Waals surface area contributed by atoms with Gasteiger partial charge in [-0.15, -0.1) is 0 Å². The summed E-state index contributed by atoms with van der Waals surface area (Å²) < 4.78 is 6.85. The van der Waals surface area contributed by atoms with Gasteiger partial charge in [0, 0.05) is 18.4 Å². The summed E-state index contributed by atoms with van der Waals surface area (Å²) in [5, 5.41) is 7.62. The molecule has 3 rings (SSSR count). The van der Waals surface area contributed by atoms with E-state index in [0.29, 0.717) is 18.5 Å². The molecule has 2 aromatic carbocycles. The zero-order chi connectivity index (χ0) is 17.6. The van der Waals surface area contributed by atoms with Crippen LogP contribution in [0, 0.1) is 0 Å². The van der Waals surface area contributed by atoms with Gasteiger partial charge in [0.05, 0.1) is 25.4 Å². The Labute approximate surface area is 145 Å². The lowest BCUT2D eigenvalue weighted by atomic mass is 10.2. The minimum Gasteiger partial charge on any atom is -0.497 e. The van der Waals surface area contributed by atoms with Gasteiger partial charge in [-0.05, 0) is 29.8 Å². The van der Waals surface area contributed by atoms with Crippen LogP contribution in [0.2, 0.25) is 0 Å². The van der Waals surface area contributed by atoms with Crippen LogP contribution >= 0.6 is 0 Å². The molecule has 6 heteroatoms. The highest BCUT2D eigenvalue weighted by Gasteiger charge is 2.06. The van der Waals surface area contributed by atoms with Crippen molar-refractivity contribution in [3.63, 3.8) is 0 Å². The van der Waals surface area contributed by atoms with Crippen LogP contribution in [0.3, 0.4) is 0 Å². The first-order chi connectivity index (χ1) is 12.2. The highest BCUT2D eigenvalue weighted by molar-refractivity contribution is 5.79. The van der Waals surface area contributed by atoms with Crippen LogP contribution in [0.15, 0.2) is 59.5 Å². The fourth-order valence-electron chi connectivity index (χ4n) is 2.62. The summed E-state index contributed by atoms with van der Waals surface area (Å²) in [6.07, 6.45) is 1.57. The minimum atomic E-state index is -0.116. The van der Waals surface area contributed by atoms with E-state index in [2.05, 4.69) is 10.4 Å². The van der Waals surface area contributed by atoms with E-state index >= 15 is 0 Å². The summed E-state index contributed by atoms with van der Waals surface area (Å²) in [5.74, 6) is 0.683. The number of nitrogens with zero attached hydrogens (tertiary/aromatic N) is 2. The number of methoxy groups -OCH3 is 1. The van der Waals surface area contributed by atoms with E-state index in [1.54, 1.807) is 17.9 Å². The number of aryl methyl sites for hydroxylation is 1. The van der Waals surface area contributed by atoms with Gasteiger partial charge >= 0.3 is 0 Å². The van der Waals surface area contributed by atoms with Crippen molar-refractivity contribution in [2.45, 2.75) is 19.5 Å². The number of carbonyl (C=O) groups is 1. The van der Waals surface area contributed by atoms with Crippen molar-refractivity contribution < 1.29 is 9.53 Å². The summed E-state index contributed by atoms with van der Waals surface area (Å²) >= 11 is 0. The van der Waals surface area contributed by atoms with Gasteiger partial charge in [0.2, 0.25) is 11.3 Å². The van der Waals surface area contributed by atoms with Crippen molar-refractivity contribution in [3.05, 3.63) is 70.5 Å². The Morgan fingerprint density at radius 1 is 1.20 bits per heavy atom. The molecule has 1 heterocycles. The molecule has 0 aliphatic rings. The first-order valence-electron chi connectivity index (χ1n) is 8.02. The largest absolute Gasteiger partial charge is 0.497 e. The standard InChI is InChI=1S/C19H19N3O3/c1-25-15-6-4-5-14(11-15)12-20-19(24)9-10-22-17-8-3-2-7-16(17)18(23)13-21-22/h2-8,11,13H,9-10,12H2,1H3,(H,20,24). The average molecular weight is 337 g/mol. The molecule has 1 aromatic heterocycles. The molecule has 0 aliphatic heterocycles. The molecule has 1 N–H and O–H groups in total. The van der Waals surface area contributed by atoms with Gasteiger partial charge in [-0.3, -0.25) is 14.3 Å². The molecule has 0 radical (unpaired) electrons. The summed E-state index contributed by atoms with van der Waals surface area (Å²) in [5.41, 5.74) is 1.59. The van der Waals surface area contributed by atoms with E-state index in [1.807, 2.05) is 42.5 Å². The van der Waals surface area contributed by atoms with E-state index < -0.39 is 0 Å². The van der Waals surface area contributed by atoms with Gasteiger partial charge in [-0.25, -0.2) is 0 Å². The number of hydrogen-bond donors (Lipinski definition) is 1. The number of para-hydroxylation sites is 1. The van der Waals surface area contributed by atoms with Crippen molar-refractivity contribution in [1.82, 2.24) is 15.1 Å². The summed E-state index contributed by atoms with van der Waals surface area (Å²) in [7, 11) is 1.61. The SMILES string of the molecule is COc1cccc(CNC(=O)CCn2ncc(=O)c3ccccc32)c1. The van der Waals surface area contributed by atoms with E-state index in [0.717, 1.165) is 16.8 Å². The highest BCUT2D eigenvalue weighted by Crippen LogP contribution is 2.12. The number of benzene rings is 2. The highest BCUT2D eigenvalue weighted by atomic mass is 16.5. The molecule has 0 atom stereocenters. The zero-order valence-electron chi connectivity index (χ0n) is 13.9. The van der Waals surface area contributed by atoms with Gasteiger partial charge in [0.25, 0.3) is 0 Å². The molecule has 0 bridgehead atoms. The third-order valence-electron chi connectivity index (χ3n) is 3.94. The van der Waals surface area contributed by atoms with Crippen molar-refractivity contribution in [1.29, 1.82) is 0 Å². The molecule has 128 valence electrons. The predicted octanol–water partition coefficient (Wildman–Crippen LogP) is 2.11. The van der Waals surface area contributed by atoms with Gasteiger partial charge in [0.15, 0.2) is 0 Å². The number of carbonyl (C=O) groups excluding carboxylic acids is 1. The molecule has 6 nitrogen and oxygen atoms in total. The van der Waals surface area contributed by atoms with Crippen molar-refractivity contribution >= 4 is 16.8 Å². The number of aromatic nitrogens is 2. The Morgan fingerprint density at radius 2 is 2.04 bits per heavy atom. The fraction of sp³-hybridized carbons (Fsp3) is 0.211. The quantitative estimate of drug-likeness (QED) is 0.748. The van der Waals surface area contributed by atoms with E-state index in [1.165, 1.54) is 6.20 Å². The molecule has 1 amide bonds. The van der Waals surface area contributed by atoms with Crippen molar-refractivity contribution in [2.75, 3.05) is 7.11 Å². The maximum Gasteiger partial charge on any atom is 0.222 e. The van der Waals surface area contributed by atoms with Crippen LogP contribution in [0.1, 0.15) is 12.0 Å². The lowest BCUT2D eigenvalue weighted by molar-refractivity contribution is -0.121. The third kappa shape index (κ3) is 4.03. The van der Waals surface area contributed by atoms with E-state index in [-0.39, 0.29) is 17.8 Å². The van der Waals surface area contributed by atoms with Gasteiger partial charge in [-0.1, -0.05) is 24.3 Å². The Balaban J connectivity index is 1.61. The van der Waals surface area contributed by atoms with Crippen LogP contribution in [-0.2, 0) is 17.9 Å². The number of rotatable bonds is 6. The Kier molecular flexibility index (Phi) is 5.09. The number of ether oxygens (including phenoxy) is 1. The molecule has 25 heavy (non-hydrogen) atoms. The van der Waals surface area contributed by atoms with E-state index in [4.69, 9.17) is 4.74 Å². The van der Waals surface area contributed by atoms with Gasteiger partial charge in [-0.2, -0.15) is 5.10 Å². The van der Waals surface area contributed by atoms with Crippen LogP contribution in [-0.4, -0.2) is 22.8 Å². The predicted molar refractivity (Wildman–Crippen MR) is 95.5 cm³/mol. The molecule has 0 saturated carbocycles. The van der Waals surface area contributed by atoms with Gasteiger partial charge < -0.3 is 10.1 Å². The van der Waals surface area contributed by atoms with E-state index in [9.17, 15) is 9.59 Å². The van der Waals surface area contributed by atoms with Crippen molar-refractivity contribution in [2.24, 2.45) is 0 Å². The van der Waals surface area contributed by atoms with Crippen LogP contribution < -0.4 is 15.5 Å². The Morgan fingerprint density at radius 3 is 2.88 bits per heavy atom. The van der Waals surface area contributed by atoms with Gasteiger partial charge in [0.1, 0.15) is 5.75 Å². The summed E-state index contributed by atoms with van der Waals surface area (Å²) in [6, 6.07) is 14.8. The fourth-order valence-corrected chi connectivity index (χ4v) is 2.62. The van der Waals surface area contributed by atoms with Crippen molar-refractivity contribution in [3.8, 4) is 5.75 Å². The van der Waals surface area contributed by atoms with Crippen LogP contribution in [0.5, 0.6) is 5.75 Å². The van der Waals surface area contributed by atoms with Crippen LogP contribution in [0.4, 0.5) is 0 Å². The maximum atomic E-state index is 12.1. The second kappa shape index (κ2) is 7.61. The second-order valence-corrected chi connectivity index (χ2v) is 5.63.